The van der Waals surface area contributed by atoms with E-state index in [1.54, 1.807) is 7.11 Å². The maximum Gasteiger partial charge on any atom is 0.119 e. The number of ether oxygens (including phenoxy) is 1. The van der Waals surface area contributed by atoms with E-state index in [1.165, 1.54) is 10.9 Å². The number of hydrogen-bond donors (Lipinski definition) is 1. The van der Waals surface area contributed by atoms with Gasteiger partial charge in [0, 0.05) is 18.3 Å². The number of methoxy groups -OCH3 is 1. The van der Waals surface area contributed by atoms with E-state index in [2.05, 4.69) is 22.9 Å². The zero-order chi connectivity index (χ0) is 13.9. The summed E-state index contributed by atoms with van der Waals surface area (Å²) in [6.07, 6.45) is 2.07. The molecule has 3 nitrogen and oxygen atoms in total. The van der Waals surface area contributed by atoms with Crippen LogP contribution in [0.1, 0.15) is 11.1 Å². The van der Waals surface area contributed by atoms with Crippen LogP contribution in [-0.2, 0) is 13.2 Å². The maximum absolute atomic E-state index is 9.26. The van der Waals surface area contributed by atoms with Gasteiger partial charge >= 0.3 is 0 Å². The lowest BCUT2D eigenvalue weighted by molar-refractivity contribution is 0.282. The van der Waals surface area contributed by atoms with Gasteiger partial charge in [0.15, 0.2) is 0 Å². The van der Waals surface area contributed by atoms with Crippen molar-refractivity contribution >= 4 is 10.9 Å². The van der Waals surface area contributed by atoms with Gasteiger partial charge < -0.3 is 14.4 Å². The van der Waals surface area contributed by atoms with E-state index in [0.717, 1.165) is 23.4 Å². The SMILES string of the molecule is COc1cccc(Cn2ccc3ccc(CO)cc32)c1. The molecular formula is C17H17NO2. The summed E-state index contributed by atoms with van der Waals surface area (Å²) in [4.78, 5) is 0. The minimum Gasteiger partial charge on any atom is -0.497 e. The third kappa shape index (κ3) is 2.40. The van der Waals surface area contributed by atoms with E-state index >= 15 is 0 Å². The van der Waals surface area contributed by atoms with Gasteiger partial charge in [0.1, 0.15) is 5.75 Å². The number of rotatable bonds is 4. The van der Waals surface area contributed by atoms with Crippen LogP contribution < -0.4 is 4.74 Å². The molecule has 0 aliphatic heterocycles. The number of aromatic nitrogens is 1. The van der Waals surface area contributed by atoms with Gasteiger partial charge in [-0.3, -0.25) is 0 Å². The Labute approximate surface area is 118 Å². The number of benzene rings is 2. The molecule has 0 amide bonds. The summed E-state index contributed by atoms with van der Waals surface area (Å²) < 4.78 is 7.44. The molecule has 1 N–H and O–H groups in total. The second-order valence-electron chi connectivity index (χ2n) is 4.85. The van der Waals surface area contributed by atoms with Gasteiger partial charge in [-0.2, -0.15) is 0 Å². The molecule has 0 bridgehead atoms. The molecule has 3 heteroatoms. The van der Waals surface area contributed by atoms with E-state index < -0.39 is 0 Å². The Hall–Kier alpha value is -2.26. The Morgan fingerprint density at radius 1 is 1.05 bits per heavy atom. The average Bonchev–Trinajstić information content (AvgIpc) is 2.89. The molecule has 1 aromatic heterocycles. The minimum absolute atomic E-state index is 0.0697. The van der Waals surface area contributed by atoms with Gasteiger partial charge in [-0.05, 0) is 40.8 Å². The number of fused-ring (bicyclic) bond motifs is 1. The number of nitrogens with zero attached hydrogens (tertiary/aromatic N) is 1. The van der Waals surface area contributed by atoms with Gasteiger partial charge in [-0.25, -0.2) is 0 Å². The van der Waals surface area contributed by atoms with Crippen LogP contribution in [0, 0.1) is 0 Å². The Morgan fingerprint density at radius 3 is 2.75 bits per heavy atom. The zero-order valence-corrected chi connectivity index (χ0v) is 11.4. The predicted octanol–water partition coefficient (Wildman–Crippen LogP) is 3.19. The van der Waals surface area contributed by atoms with E-state index in [4.69, 9.17) is 4.74 Å². The standard InChI is InChI=1S/C17H17NO2/c1-20-16-4-2-3-13(9-16)11-18-8-7-15-6-5-14(12-19)10-17(15)18/h2-10,19H,11-12H2,1H3. The Kier molecular flexibility index (Phi) is 3.44. The zero-order valence-electron chi connectivity index (χ0n) is 11.4. The molecule has 0 saturated carbocycles. The van der Waals surface area contributed by atoms with Crippen LogP contribution >= 0.6 is 0 Å². The smallest absolute Gasteiger partial charge is 0.119 e. The van der Waals surface area contributed by atoms with E-state index in [9.17, 15) is 5.11 Å². The summed E-state index contributed by atoms with van der Waals surface area (Å²) in [6.45, 7) is 0.857. The summed E-state index contributed by atoms with van der Waals surface area (Å²) in [5, 5.41) is 10.4. The highest BCUT2D eigenvalue weighted by molar-refractivity contribution is 5.80. The number of aliphatic hydroxyl groups is 1. The fraction of sp³-hybridized carbons (Fsp3) is 0.176. The molecule has 2 aromatic carbocycles. The van der Waals surface area contributed by atoms with E-state index in [0.29, 0.717) is 0 Å². The average molecular weight is 267 g/mol. The summed E-state index contributed by atoms with van der Waals surface area (Å²) in [7, 11) is 1.68. The molecule has 3 aromatic rings. The largest absolute Gasteiger partial charge is 0.497 e. The first-order valence-corrected chi connectivity index (χ1v) is 6.62. The lowest BCUT2D eigenvalue weighted by Gasteiger charge is -2.08. The van der Waals surface area contributed by atoms with Crippen molar-refractivity contribution in [3.05, 3.63) is 65.9 Å². The normalized spacial score (nSPS) is 10.9. The third-order valence-corrected chi connectivity index (χ3v) is 3.51. The van der Waals surface area contributed by atoms with Crippen molar-refractivity contribution in [3.63, 3.8) is 0 Å². The van der Waals surface area contributed by atoms with Crippen LogP contribution in [0.25, 0.3) is 10.9 Å². The van der Waals surface area contributed by atoms with Crippen molar-refractivity contribution in [1.82, 2.24) is 4.57 Å². The second kappa shape index (κ2) is 5.39. The molecule has 0 aliphatic rings. The van der Waals surface area contributed by atoms with Crippen molar-refractivity contribution in [2.45, 2.75) is 13.2 Å². The van der Waals surface area contributed by atoms with Gasteiger partial charge in [-0.1, -0.05) is 24.3 Å². The van der Waals surface area contributed by atoms with Crippen LogP contribution in [0.4, 0.5) is 0 Å². The Bertz CT molecular complexity index is 731. The molecule has 102 valence electrons. The molecule has 3 rings (SSSR count). The maximum atomic E-state index is 9.26. The van der Waals surface area contributed by atoms with Gasteiger partial charge in [0.05, 0.1) is 13.7 Å². The minimum atomic E-state index is 0.0697. The van der Waals surface area contributed by atoms with Crippen LogP contribution in [-0.4, -0.2) is 16.8 Å². The first-order valence-electron chi connectivity index (χ1n) is 6.62. The molecular weight excluding hydrogens is 250 g/mol. The van der Waals surface area contributed by atoms with E-state index in [-0.39, 0.29) is 6.61 Å². The number of aliphatic hydroxyl groups excluding tert-OH is 1. The van der Waals surface area contributed by atoms with Crippen LogP contribution in [0.15, 0.2) is 54.7 Å². The van der Waals surface area contributed by atoms with Crippen molar-refractivity contribution in [3.8, 4) is 5.75 Å². The van der Waals surface area contributed by atoms with Gasteiger partial charge in [0.25, 0.3) is 0 Å². The first-order chi connectivity index (χ1) is 9.80. The van der Waals surface area contributed by atoms with Gasteiger partial charge in [0.2, 0.25) is 0 Å². The lowest BCUT2D eigenvalue weighted by Crippen LogP contribution is -1.98. The fourth-order valence-electron chi connectivity index (χ4n) is 2.43. The second-order valence-corrected chi connectivity index (χ2v) is 4.85. The third-order valence-electron chi connectivity index (χ3n) is 3.51. The van der Waals surface area contributed by atoms with Crippen LogP contribution in [0.5, 0.6) is 5.75 Å². The molecule has 0 radical (unpaired) electrons. The summed E-state index contributed by atoms with van der Waals surface area (Å²) >= 11 is 0. The van der Waals surface area contributed by atoms with Crippen molar-refractivity contribution in [2.24, 2.45) is 0 Å². The summed E-state index contributed by atoms with van der Waals surface area (Å²) in [6, 6.07) is 16.2. The predicted molar refractivity (Wildman–Crippen MR) is 80.0 cm³/mol. The van der Waals surface area contributed by atoms with Crippen LogP contribution in [0.2, 0.25) is 0 Å². The molecule has 0 spiro atoms. The van der Waals surface area contributed by atoms with Crippen molar-refractivity contribution < 1.29 is 9.84 Å². The molecule has 0 saturated heterocycles. The highest BCUT2D eigenvalue weighted by Gasteiger charge is 2.04. The molecule has 20 heavy (non-hydrogen) atoms. The molecule has 1 heterocycles. The summed E-state index contributed by atoms with van der Waals surface area (Å²) in [5.74, 6) is 0.870. The van der Waals surface area contributed by atoms with Crippen molar-refractivity contribution in [2.75, 3.05) is 7.11 Å². The highest BCUT2D eigenvalue weighted by Crippen LogP contribution is 2.20. The quantitative estimate of drug-likeness (QED) is 0.787. The fourth-order valence-corrected chi connectivity index (χ4v) is 2.43. The molecule has 0 atom stereocenters. The lowest BCUT2D eigenvalue weighted by atomic mass is 10.1. The Balaban J connectivity index is 1.97. The van der Waals surface area contributed by atoms with Crippen LogP contribution in [0.3, 0.4) is 0 Å². The number of hydrogen-bond acceptors (Lipinski definition) is 2. The molecule has 0 aliphatic carbocycles. The first kappa shape index (κ1) is 12.8. The highest BCUT2D eigenvalue weighted by atomic mass is 16.5. The van der Waals surface area contributed by atoms with Gasteiger partial charge in [-0.15, -0.1) is 0 Å². The Morgan fingerprint density at radius 2 is 1.95 bits per heavy atom. The monoisotopic (exact) mass is 267 g/mol. The van der Waals surface area contributed by atoms with E-state index in [1.807, 2.05) is 36.4 Å². The topological polar surface area (TPSA) is 34.4 Å². The molecule has 0 fully saturated rings. The summed E-state index contributed by atoms with van der Waals surface area (Å²) in [5.41, 5.74) is 3.26. The van der Waals surface area contributed by atoms with Crippen molar-refractivity contribution in [1.29, 1.82) is 0 Å². The molecule has 0 unspecified atom stereocenters.